The van der Waals surface area contributed by atoms with Crippen molar-refractivity contribution in [3.63, 3.8) is 0 Å². The summed E-state index contributed by atoms with van der Waals surface area (Å²) in [5, 5.41) is 13.1. The van der Waals surface area contributed by atoms with E-state index in [2.05, 4.69) is 5.32 Å². The number of carboxylic acids is 1. The minimum absolute atomic E-state index is 0.133. The van der Waals surface area contributed by atoms with Crippen molar-refractivity contribution < 1.29 is 19.4 Å². The second kappa shape index (κ2) is 9.31. The molecular formula is C15H21NO4S. The minimum atomic E-state index is -1.00. The number of unbranched alkanes of at least 4 members (excludes halogenated alkanes) is 1. The smallest absolute Gasteiger partial charge is 0.328 e. The van der Waals surface area contributed by atoms with Crippen LogP contribution in [0.15, 0.2) is 17.5 Å². The van der Waals surface area contributed by atoms with Gasteiger partial charge in [-0.2, -0.15) is 0 Å². The summed E-state index contributed by atoms with van der Waals surface area (Å²) >= 11 is 1.34. The summed E-state index contributed by atoms with van der Waals surface area (Å²) in [6.45, 7) is 5.30. The Morgan fingerprint density at radius 3 is 2.86 bits per heavy atom. The van der Waals surface area contributed by atoms with Crippen LogP contribution >= 0.6 is 11.3 Å². The zero-order valence-electron chi connectivity index (χ0n) is 12.3. The number of thiophene rings is 1. The minimum Gasteiger partial charge on any atom is -0.478 e. The standard InChI is InChI=1S/C15H21NO4S/c1-11(2)20-8-4-3-7-16-15(19)12-9-13(21-10-12)5-6-14(17)18/h5-6,9-11H,3-4,7-8H2,1-2H3,(H,16,19)(H,17,18)/b6-5+. The number of carbonyl (C=O) groups is 2. The first-order valence-corrected chi connectivity index (χ1v) is 7.76. The zero-order valence-corrected chi connectivity index (χ0v) is 13.1. The summed E-state index contributed by atoms with van der Waals surface area (Å²) in [7, 11) is 0. The molecule has 0 fully saturated rings. The lowest BCUT2D eigenvalue weighted by atomic mass is 10.2. The first-order valence-electron chi connectivity index (χ1n) is 6.88. The van der Waals surface area contributed by atoms with Gasteiger partial charge in [-0.3, -0.25) is 4.79 Å². The molecule has 0 saturated heterocycles. The molecule has 0 aromatic carbocycles. The summed E-state index contributed by atoms with van der Waals surface area (Å²) in [5.41, 5.74) is 0.559. The molecule has 21 heavy (non-hydrogen) atoms. The van der Waals surface area contributed by atoms with Crippen molar-refractivity contribution in [3.8, 4) is 0 Å². The molecule has 0 bridgehead atoms. The first kappa shape index (κ1) is 17.4. The topological polar surface area (TPSA) is 75.6 Å². The number of hydrogen-bond acceptors (Lipinski definition) is 4. The van der Waals surface area contributed by atoms with Crippen molar-refractivity contribution in [2.75, 3.05) is 13.2 Å². The lowest BCUT2D eigenvalue weighted by molar-refractivity contribution is -0.131. The number of rotatable bonds is 9. The van der Waals surface area contributed by atoms with Gasteiger partial charge >= 0.3 is 5.97 Å². The summed E-state index contributed by atoms with van der Waals surface area (Å²) < 4.78 is 5.42. The van der Waals surface area contributed by atoms with Crippen LogP contribution < -0.4 is 5.32 Å². The molecule has 0 aliphatic carbocycles. The van der Waals surface area contributed by atoms with Crippen molar-refractivity contribution >= 4 is 29.3 Å². The Labute approximate surface area is 128 Å². The van der Waals surface area contributed by atoms with Gasteiger partial charge in [-0.05, 0) is 38.8 Å². The Balaban J connectivity index is 2.28. The number of hydrogen-bond donors (Lipinski definition) is 2. The average Bonchev–Trinajstić information content (AvgIpc) is 2.88. The van der Waals surface area contributed by atoms with Crippen LogP contribution in [-0.4, -0.2) is 36.2 Å². The molecule has 116 valence electrons. The normalized spacial score (nSPS) is 11.2. The Hall–Kier alpha value is -1.66. The van der Waals surface area contributed by atoms with E-state index in [9.17, 15) is 9.59 Å². The fraction of sp³-hybridized carbons (Fsp3) is 0.467. The van der Waals surface area contributed by atoms with Crippen LogP contribution in [0.2, 0.25) is 0 Å². The highest BCUT2D eigenvalue weighted by molar-refractivity contribution is 7.11. The van der Waals surface area contributed by atoms with Crippen molar-refractivity contribution in [1.82, 2.24) is 5.32 Å². The van der Waals surface area contributed by atoms with Gasteiger partial charge in [-0.15, -0.1) is 11.3 Å². The van der Waals surface area contributed by atoms with E-state index in [4.69, 9.17) is 9.84 Å². The number of aliphatic carboxylic acids is 1. The van der Waals surface area contributed by atoms with E-state index in [0.29, 0.717) is 18.7 Å². The number of amides is 1. The molecule has 0 spiro atoms. The summed E-state index contributed by atoms with van der Waals surface area (Å²) in [5.74, 6) is -1.14. The van der Waals surface area contributed by atoms with Crippen LogP contribution in [0.5, 0.6) is 0 Å². The highest BCUT2D eigenvalue weighted by atomic mass is 32.1. The van der Waals surface area contributed by atoms with Gasteiger partial charge < -0.3 is 15.2 Å². The van der Waals surface area contributed by atoms with E-state index in [0.717, 1.165) is 23.8 Å². The molecule has 1 aromatic heterocycles. The lowest BCUT2D eigenvalue weighted by Crippen LogP contribution is -2.24. The van der Waals surface area contributed by atoms with Gasteiger partial charge in [-0.25, -0.2) is 4.79 Å². The molecule has 1 aromatic rings. The van der Waals surface area contributed by atoms with E-state index in [-0.39, 0.29) is 12.0 Å². The largest absolute Gasteiger partial charge is 0.478 e. The zero-order chi connectivity index (χ0) is 15.7. The Kier molecular flexibility index (Phi) is 7.71. The maximum Gasteiger partial charge on any atom is 0.328 e. The van der Waals surface area contributed by atoms with Gasteiger partial charge in [0.2, 0.25) is 0 Å². The highest BCUT2D eigenvalue weighted by Gasteiger charge is 2.07. The fourth-order valence-corrected chi connectivity index (χ4v) is 2.34. The Bertz CT molecular complexity index is 494. The van der Waals surface area contributed by atoms with Gasteiger partial charge in [0.15, 0.2) is 0 Å². The van der Waals surface area contributed by atoms with Crippen molar-refractivity contribution in [3.05, 3.63) is 28.0 Å². The van der Waals surface area contributed by atoms with Crippen LogP contribution in [0.25, 0.3) is 6.08 Å². The predicted molar refractivity (Wildman–Crippen MR) is 83.6 cm³/mol. The third kappa shape index (κ3) is 7.63. The average molecular weight is 311 g/mol. The van der Waals surface area contributed by atoms with Gasteiger partial charge in [0.05, 0.1) is 11.7 Å². The molecule has 0 aliphatic rings. The van der Waals surface area contributed by atoms with Gasteiger partial charge in [0.1, 0.15) is 0 Å². The predicted octanol–water partition coefficient (Wildman–Crippen LogP) is 2.78. The monoisotopic (exact) mass is 311 g/mol. The van der Waals surface area contributed by atoms with Crippen molar-refractivity contribution in [2.45, 2.75) is 32.8 Å². The van der Waals surface area contributed by atoms with E-state index in [1.807, 2.05) is 13.8 Å². The fourth-order valence-electron chi connectivity index (χ4n) is 1.56. The highest BCUT2D eigenvalue weighted by Crippen LogP contribution is 2.16. The molecule has 1 amide bonds. The number of ether oxygens (including phenoxy) is 1. The maximum atomic E-state index is 11.9. The van der Waals surface area contributed by atoms with Crippen LogP contribution in [0, 0.1) is 0 Å². The van der Waals surface area contributed by atoms with Gasteiger partial charge in [-0.1, -0.05) is 0 Å². The van der Waals surface area contributed by atoms with Gasteiger partial charge in [0, 0.05) is 29.5 Å². The number of nitrogens with one attached hydrogen (secondary N) is 1. The molecule has 2 N–H and O–H groups in total. The molecule has 0 aliphatic heterocycles. The SMILES string of the molecule is CC(C)OCCCCNC(=O)c1csc(/C=C/C(=O)O)c1. The summed E-state index contributed by atoms with van der Waals surface area (Å²) in [6.07, 6.45) is 4.56. The Morgan fingerprint density at radius 1 is 1.43 bits per heavy atom. The molecule has 1 rings (SSSR count). The second-order valence-corrected chi connectivity index (χ2v) is 5.73. The van der Waals surface area contributed by atoms with E-state index in [1.54, 1.807) is 11.4 Å². The van der Waals surface area contributed by atoms with Crippen molar-refractivity contribution in [1.29, 1.82) is 0 Å². The van der Waals surface area contributed by atoms with E-state index in [1.165, 1.54) is 17.4 Å². The van der Waals surface area contributed by atoms with Crippen LogP contribution in [0.4, 0.5) is 0 Å². The second-order valence-electron chi connectivity index (χ2n) is 4.79. The van der Waals surface area contributed by atoms with E-state index < -0.39 is 5.97 Å². The summed E-state index contributed by atoms with van der Waals surface area (Å²) in [4.78, 5) is 23.0. The van der Waals surface area contributed by atoms with E-state index >= 15 is 0 Å². The number of carboxylic acid groups (broad SMARTS) is 1. The molecule has 5 nitrogen and oxygen atoms in total. The number of carbonyl (C=O) groups excluding carboxylic acids is 1. The van der Waals surface area contributed by atoms with Crippen LogP contribution in [0.1, 0.15) is 41.9 Å². The molecule has 6 heteroatoms. The molecule has 0 atom stereocenters. The van der Waals surface area contributed by atoms with Crippen molar-refractivity contribution in [2.24, 2.45) is 0 Å². The first-order chi connectivity index (χ1) is 9.99. The maximum absolute atomic E-state index is 11.9. The quantitative estimate of drug-likeness (QED) is 0.543. The Morgan fingerprint density at radius 2 is 2.19 bits per heavy atom. The van der Waals surface area contributed by atoms with Crippen LogP contribution in [-0.2, 0) is 9.53 Å². The van der Waals surface area contributed by atoms with Crippen LogP contribution in [0.3, 0.4) is 0 Å². The molecule has 0 radical (unpaired) electrons. The third-order valence-corrected chi connectivity index (χ3v) is 3.48. The molecule has 1 heterocycles. The van der Waals surface area contributed by atoms with Gasteiger partial charge in [0.25, 0.3) is 5.91 Å². The summed E-state index contributed by atoms with van der Waals surface area (Å²) in [6, 6.07) is 1.68. The molecular weight excluding hydrogens is 290 g/mol. The third-order valence-electron chi connectivity index (χ3n) is 2.58. The molecule has 0 saturated carbocycles. The molecule has 0 unspecified atom stereocenters. The lowest BCUT2D eigenvalue weighted by Gasteiger charge is -2.07.